The van der Waals surface area contributed by atoms with Crippen molar-refractivity contribution in [3.63, 3.8) is 0 Å². The predicted octanol–water partition coefficient (Wildman–Crippen LogP) is 2.56. The first-order valence-corrected chi connectivity index (χ1v) is 6.46. The fourth-order valence-corrected chi connectivity index (χ4v) is 2.23. The third kappa shape index (κ3) is 2.85. The second kappa shape index (κ2) is 4.59. The van der Waals surface area contributed by atoms with Gasteiger partial charge in [0.1, 0.15) is 10.6 Å². The molecule has 3 nitrogen and oxygen atoms in total. The quantitative estimate of drug-likeness (QED) is 0.783. The van der Waals surface area contributed by atoms with E-state index in [-0.39, 0.29) is 10.6 Å². The summed E-state index contributed by atoms with van der Waals surface area (Å²) < 4.78 is 28.7. The molecule has 0 N–H and O–H groups in total. The van der Waals surface area contributed by atoms with Gasteiger partial charge in [0.25, 0.3) is 0 Å². The molecule has 0 aliphatic carbocycles. The van der Waals surface area contributed by atoms with Gasteiger partial charge in [-0.1, -0.05) is 29.8 Å². The Morgan fingerprint density at radius 3 is 2.41 bits per heavy atom. The van der Waals surface area contributed by atoms with Gasteiger partial charge in [-0.3, -0.25) is 0 Å². The van der Waals surface area contributed by atoms with Crippen molar-refractivity contribution in [1.29, 1.82) is 0 Å². The number of benzene rings is 2. The zero-order valence-corrected chi connectivity index (χ0v) is 10.1. The van der Waals surface area contributed by atoms with Crippen LogP contribution in [0.5, 0.6) is 5.75 Å². The highest BCUT2D eigenvalue weighted by Gasteiger charge is 2.15. The summed E-state index contributed by atoms with van der Waals surface area (Å²) in [5.74, 6) is 0.257. The third-order valence-corrected chi connectivity index (χ3v) is 3.46. The van der Waals surface area contributed by atoms with E-state index >= 15 is 0 Å². The molecule has 87 valence electrons. The van der Waals surface area contributed by atoms with E-state index in [2.05, 4.69) is 6.07 Å². The molecule has 2 rings (SSSR count). The summed E-state index contributed by atoms with van der Waals surface area (Å²) in [5.41, 5.74) is 0.997. The second-order valence-corrected chi connectivity index (χ2v) is 5.14. The molecular weight excluding hydrogens is 236 g/mol. The SMILES string of the molecule is Cc1ccc(S(=O)(=O)Oc2c[c]ccc2)cc1. The molecule has 0 atom stereocenters. The minimum absolute atomic E-state index is 0.145. The Hall–Kier alpha value is -1.81. The first kappa shape index (κ1) is 11.7. The maximum absolute atomic E-state index is 11.9. The lowest BCUT2D eigenvalue weighted by Gasteiger charge is -2.06. The van der Waals surface area contributed by atoms with E-state index in [9.17, 15) is 8.42 Å². The van der Waals surface area contributed by atoms with Gasteiger partial charge in [-0.05, 0) is 37.3 Å². The van der Waals surface area contributed by atoms with Gasteiger partial charge in [0.05, 0.1) is 0 Å². The lowest BCUT2D eigenvalue weighted by molar-refractivity contribution is 0.486. The van der Waals surface area contributed by atoms with Crippen LogP contribution in [0, 0.1) is 13.0 Å². The summed E-state index contributed by atoms with van der Waals surface area (Å²) in [4.78, 5) is 0.145. The van der Waals surface area contributed by atoms with E-state index in [0.29, 0.717) is 0 Å². The Kier molecular flexibility index (Phi) is 3.15. The smallest absolute Gasteiger partial charge is 0.339 e. The number of aryl methyl sites for hydroxylation is 1. The van der Waals surface area contributed by atoms with Crippen molar-refractivity contribution in [2.75, 3.05) is 0 Å². The Labute approximate surface area is 101 Å². The second-order valence-electron chi connectivity index (χ2n) is 3.59. The molecule has 0 aromatic heterocycles. The van der Waals surface area contributed by atoms with Gasteiger partial charge >= 0.3 is 10.1 Å². The molecule has 4 heteroatoms. The highest BCUT2D eigenvalue weighted by molar-refractivity contribution is 7.87. The molecule has 0 unspecified atom stereocenters. The van der Waals surface area contributed by atoms with E-state index in [1.165, 1.54) is 18.2 Å². The van der Waals surface area contributed by atoms with Crippen LogP contribution >= 0.6 is 0 Å². The number of rotatable bonds is 3. The molecule has 0 aliphatic heterocycles. The molecule has 1 radical (unpaired) electrons. The molecule has 0 spiro atoms. The van der Waals surface area contributed by atoms with Crippen molar-refractivity contribution < 1.29 is 12.6 Å². The maximum Gasteiger partial charge on any atom is 0.339 e. The molecular formula is C13H11O3S. The van der Waals surface area contributed by atoms with Gasteiger partial charge in [-0.2, -0.15) is 8.42 Å². The van der Waals surface area contributed by atoms with Crippen LogP contribution in [0.25, 0.3) is 0 Å². The van der Waals surface area contributed by atoms with Crippen LogP contribution in [0.15, 0.2) is 53.4 Å². The molecule has 0 bridgehead atoms. The van der Waals surface area contributed by atoms with Crippen LogP contribution in [0.1, 0.15) is 5.56 Å². The zero-order valence-electron chi connectivity index (χ0n) is 9.25. The number of hydrogen-bond donors (Lipinski definition) is 0. The standard InChI is InChI=1S/C13H11O3S/c1-11-7-9-13(10-8-11)17(14,15)16-12-5-3-2-4-6-12/h2-3,5-10H,1H3. The van der Waals surface area contributed by atoms with Crippen molar-refractivity contribution in [3.8, 4) is 5.75 Å². The first-order valence-electron chi connectivity index (χ1n) is 5.05. The van der Waals surface area contributed by atoms with Crippen LogP contribution in [0.4, 0.5) is 0 Å². The third-order valence-electron chi connectivity index (χ3n) is 2.19. The van der Waals surface area contributed by atoms with Gasteiger partial charge in [0.15, 0.2) is 0 Å². The summed E-state index contributed by atoms with van der Waals surface area (Å²) >= 11 is 0. The van der Waals surface area contributed by atoms with E-state index < -0.39 is 10.1 Å². The Balaban J connectivity index is 2.29. The minimum atomic E-state index is -3.75. The van der Waals surface area contributed by atoms with E-state index in [4.69, 9.17) is 4.18 Å². The lowest BCUT2D eigenvalue weighted by Crippen LogP contribution is -2.09. The molecule has 0 heterocycles. The first-order chi connectivity index (χ1) is 8.08. The van der Waals surface area contributed by atoms with Crippen molar-refractivity contribution in [2.24, 2.45) is 0 Å². The molecule has 0 amide bonds. The Bertz CT molecular complexity index is 586. The molecule has 2 aromatic carbocycles. The number of hydrogen-bond acceptors (Lipinski definition) is 3. The van der Waals surface area contributed by atoms with Crippen LogP contribution < -0.4 is 4.18 Å². The zero-order chi connectivity index (χ0) is 12.3. The van der Waals surface area contributed by atoms with Crippen molar-refractivity contribution in [2.45, 2.75) is 11.8 Å². The lowest BCUT2D eigenvalue weighted by atomic mass is 10.2. The van der Waals surface area contributed by atoms with Crippen LogP contribution in [0.3, 0.4) is 0 Å². The summed E-state index contributed by atoms with van der Waals surface area (Å²) in [6.07, 6.45) is 0. The van der Waals surface area contributed by atoms with Gasteiger partial charge < -0.3 is 4.18 Å². The average Bonchev–Trinajstić information content (AvgIpc) is 2.30. The van der Waals surface area contributed by atoms with Crippen molar-refractivity contribution in [1.82, 2.24) is 0 Å². The Morgan fingerprint density at radius 2 is 1.82 bits per heavy atom. The van der Waals surface area contributed by atoms with E-state index in [1.807, 2.05) is 6.92 Å². The molecule has 2 aromatic rings. The highest BCUT2D eigenvalue weighted by Crippen LogP contribution is 2.17. The fraction of sp³-hybridized carbons (Fsp3) is 0.0769. The highest BCUT2D eigenvalue weighted by atomic mass is 32.2. The summed E-state index contributed by atoms with van der Waals surface area (Å²) in [6.45, 7) is 1.89. The summed E-state index contributed by atoms with van der Waals surface area (Å²) in [5, 5.41) is 0. The summed E-state index contributed by atoms with van der Waals surface area (Å²) in [7, 11) is -3.75. The van der Waals surface area contributed by atoms with Crippen molar-refractivity contribution >= 4 is 10.1 Å². The maximum atomic E-state index is 11.9. The van der Waals surface area contributed by atoms with E-state index in [0.717, 1.165) is 5.56 Å². The largest absolute Gasteiger partial charge is 0.379 e. The van der Waals surface area contributed by atoms with E-state index in [1.54, 1.807) is 30.3 Å². The normalized spacial score (nSPS) is 11.1. The van der Waals surface area contributed by atoms with Gasteiger partial charge in [0, 0.05) is 0 Å². The van der Waals surface area contributed by atoms with Crippen LogP contribution in [0.2, 0.25) is 0 Å². The molecule has 0 saturated heterocycles. The van der Waals surface area contributed by atoms with Crippen LogP contribution in [-0.2, 0) is 10.1 Å². The van der Waals surface area contributed by atoms with Gasteiger partial charge in [-0.15, -0.1) is 0 Å². The van der Waals surface area contributed by atoms with Gasteiger partial charge in [-0.25, -0.2) is 0 Å². The molecule has 0 aliphatic rings. The average molecular weight is 247 g/mol. The summed E-state index contributed by atoms with van der Waals surface area (Å²) in [6, 6.07) is 15.7. The predicted molar refractivity (Wildman–Crippen MR) is 64.3 cm³/mol. The Morgan fingerprint density at radius 1 is 1.12 bits per heavy atom. The molecule has 0 saturated carbocycles. The van der Waals surface area contributed by atoms with Crippen molar-refractivity contribution in [3.05, 3.63) is 60.2 Å². The molecule has 0 fully saturated rings. The molecule has 17 heavy (non-hydrogen) atoms. The minimum Gasteiger partial charge on any atom is -0.379 e. The topological polar surface area (TPSA) is 43.4 Å². The fourth-order valence-electron chi connectivity index (χ4n) is 1.31. The van der Waals surface area contributed by atoms with Gasteiger partial charge in [0.2, 0.25) is 0 Å². The van der Waals surface area contributed by atoms with Crippen LogP contribution in [-0.4, -0.2) is 8.42 Å². The monoisotopic (exact) mass is 247 g/mol.